The maximum absolute atomic E-state index is 5.68. The van der Waals surface area contributed by atoms with Crippen LogP contribution in [0, 0.1) is 0 Å². The van der Waals surface area contributed by atoms with Gasteiger partial charge in [-0.3, -0.25) is 0 Å². The quantitative estimate of drug-likeness (QED) is 0.753. The number of hydrogen-bond acceptors (Lipinski definition) is 4. The summed E-state index contributed by atoms with van der Waals surface area (Å²) in [4.78, 5) is 8.54. The van der Waals surface area contributed by atoms with Crippen molar-refractivity contribution in [3.63, 3.8) is 0 Å². The predicted molar refractivity (Wildman–Crippen MR) is 75.2 cm³/mol. The molecule has 0 atom stereocenters. The van der Waals surface area contributed by atoms with Crippen LogP contribution in [0.1, 0.15) is 45.6 Å². The minimum atomic E-state index is 0.325. The Morgan fingerprint density at radius 2 is 2.17 bits per heavy atom. The Morgan fingerprint density at radius 3 is 2.78 bits per heavy atom. The molecule has 1 aromatic rings. The Bertz CT molecular complexity index is 389. The highest BCUT2D eigenvalue weighted by Crippen LogP contribution is 2.29. The first-order valence-corrected chi connectivity index (χ1v) is 6.53. The number of ether oxygens (including phenoxy) is 1. The van der Waals surface area contributed by atoms with Crippen LogP contribution in [0.5, 0.6) is 5.88 Å². The van der Waals surface area contributed by atoms with Crippen LogP contribution in [0.25, 0.3) is 0 Å². The molecule has 0 fully saturated rings. The average molecular weight is 249 g/mol. The summed E-state index contributed by atoms with van der Waals surface area (Å²) in [6.07, 6.45) is 6.54. The van der Waals surface area contributed by atoms with Crippen LogP contribution in [0.3, 0.4) is 0 Å². The zero-order chi connectivity index (χ0) is 13.4. The van der Waals surface area contributed by atoms with E-state index >= 15 is 0 Å². The highest BCUT2D eigenvalue weighted by molar-refractivity contribution is 5.50. The molecule has 0 aromatic carbocycles. The van der Waals surface area contributed by atoms with Crippen LogP contribution in [-0.2, 0) is 0 Å². The fourth-order valence-electron chi connectivity index (χ4n) is 1.62. The van der Waals surface area contributed by atoms with Crippen LogP contribution in [0.4, 0.5) is 5.82 Å². The molecule has 0 aliphatic heterocycles. The molecule has 1 N–H and O–H groups in total. The maximum Gasteiger partial charge on any atom is 0.222 e. The monoisotopic (exact) mass is 249 g/mol. The fraction of sp³-hybridized carbons (Fsp3) is 0.571. The van der Waals surface area contributed by atoms with E-state index in [0.717, 1.165) is 24.3 Å². The largest absolute Gasteiger partial charge is 0.473 e. The SMILES string of the molecule is C/C=C/COc1ncnc(NCCC)c1C(C)C. The van der Waals surface area contributed by atoms with Crippen molar-refractivity contribution in [3.05, 3.63) is 24.0 Å². The average Bonchev–Trinajstić information content (AvgIpc) is 2.36. The van der Waals surface area contributed by atoms with E-state index in [2.05, 4.69) is 36.1 Å². The fourth-order valence-corrected chi connectivity index (χ4v) is 1.62. The minimum absolute atomic E-state index is 0.325. The van der Waals surface area contributed by atoms with Crippen molar-refractivity contribution in [1.29, 1.82) is 0 Å². The number of aromatic nitrogens is 2. The molecule has 0 saturated carbocycles. The van der Waals surface area contributed by atoms with Gasteiger partial charge in [0.15, 0.2) is 0 Å². The maximum atomic E-state index is 5.68. The van der Waals surface area contributed by atoms with Gasteiger partial charge in [0.1, 0.15) is 18.8 Å². The van der Waals surface area contributed by atoms with E-state index in [-0.39, 0.29) is 0 Å². The summed E-state index contributed by atoms with van der Waals surface area (Å²) in [7, 11) is 0. The topological polar surface area (TPSA) is 47.0 Å². The number of hydrogen-bond donors (Lipinski definition) is 1. The van der Waals surface area contributed by atoms with Crippen LogP contribution in [0.15, 0.2) is 18.5 Å². The Balaban J connectivity index is 2.93. The van der Waals surface area contributed by atoms with Crippen molar-refractivity contribution in [1.82, 2.24) is 9.97 Å². The summed E-state index contributed by atoms with van der Waals surface area (Å²) in [5.74, 6) is 1.89. The lowest BCUT2D eigenvalue weighted by atomic mass is 10.1. The van der Waals surface area contributed by atoms with Gasteiger partial charge in [-0.15, -0.1) is 0 Å². The predicted octanol–water partition coefficient (Wildman–Crippen LogP) is 3.38. The number of nitrogens with zero attached hydrogens (tertiary/aromatic N) is 2. The highest BCUT2D eigenvalue weighted by Gasteiger charge is 2.15. The molecule has 0 spiro atoms. The number of nitrogens with one attached hydrogen (secondary N) is 1. The van der Waals surface area contributed by atoms with Crippen molar-refractivity contribution in [2.24, 2.45) is 0 Å². The molecule has 0 aliphatic rings. The summed E-state index contributed by atoms with van der Waals surface area (Å²) in [6.45, 7) is 9.80. The van der Waals surface area contributed by atoms with Gasteiger partial charge in [-0.05, 0) is 19.3 Å². The molecule has 0 radical (unpaired) electrons. The second kappa shape index (κ2) is 7.69. The molecule has 100 valence electrons. The van der Waals surface area contributed by atoms with Gasteiger partial charge >= 0.3 is 0 Å². The van der Waals surface area contributed by atoms with E-state index in [9.17, 15) is 0 Å². The lowest BCUT2D eigenvalue weighted by Crippen LogP contribution is -2.10. The van der Waals surface area contributed by atoms with Crippen molar-refractivity contribution in [2.45, 2.75) is 40.0 Å². The first-order chi connectivity index (χ1) is 8.70. The molecule has 0 amide bonds. The van der Waals surface area contributed by atoms with Gasteiger partial charge in [0.25, 0.3) is 0 Å². The summed E-state index contributed by atoms with van der Waals surface area (Å²) in [5.41, 5.74) is 1.05. The van der Waals surface area contributed by atoms with Crippen LogP contribution >= 0.6 is 0 Å². The molecule has 18 heavy (non-hydrogen) atoms. The molecule has 0 aliphatic carbocycles. The van der Waals surface area contributed by atoms with Crippen molar-refractivity contribution in [3.8, 4) is 5.88 Å². The number of anilines is 1. The standard InChI is InChI=1S/C14H23N3O/c1-5-7-9-18-14-12(11(3)4)13(15-8-6-2)16-10-17-14/h5,7,10-11H,6,8-9H2,1-4H3,(H,15,16,17)/b7-5+. The summed E-state index contributed by atoms with van der Waals surface area (Å²) < 4.78 is 5.68. The van der Waals surface area contributed by atoms with Crippen LogP contribution in [0.2, 0.25) is 0 Å². The van der Waals surface area contributed by atoms with E-state index in [1.54, 1.807) is 6.33 Å². The summed E-state index contributed by atoms with van der Waals surface area (Å²) in [6, 6.07) is 0. The first kappa shape index (κ1) is 14.5. The van der Waals surface area contributed by atoms with Gasteiger partial charge in [-0.1, -0.05) is 32.9 Å². The molecule has 1 rings (SSSR count). The highest BCUT2D eigenvalue weighted by atomic mass is 16.5. The lowest BCUT2D eigenvalue weighted by Gasteiger charge is -2.16. The van der Waals surface area contributed by atoms with E-state index < -0.39 is 0 Å². The van der Waals surface area contributed by atoms with E-state index in [4.69, 9.17) is 4.74 Å². The first-order valence-electron chi connectivity index (χ1n) is 6.53. The van der Waals surface area contributed by atoms with Gasteiger partial charge < -0.3 is 10.1 Å². The molecule has 0 saturated heterocycles. The molecular weight excluding hydrogens is 226 g/mol. The van der Waals surface area contributed by atoms with E-state index in [1.807, 2.05) is 19.1 Å². The Morgan fingerprint density at radius 1 is 1.39 bits per heavy atom. The van der Waals surface area contributed by atoms with E-state index in [1.165, 1.54) is 0 Å². The molecule has 4 heteroatoms. The second-order valence-electron chi connectivity index (χ2n) is 4.40. The van der Waals surface area contributed by atoms with E-state index in [0.29, 0.717) is 18.4 Å². The van der Waals surface area contributed by atoms with Crippen LogP contribution in [-0.4, -0.2) is 23.1 Å². The zero-order valence-electron chi connectivity index (χ0n) is 11.7. The summed E-state index contributed by atoms with van der Waals surface area (Å²) in [5, 5.41) is 3.33. The van der Waals surface area contributed by atoms with Gasteiger partial charge in [0.2, 0.25) is 5.88 Å². The number of allylic oxidation sites excluding steroid dienone is 1. The summed E-state index contributed by atoms with van der Waals surface area (Å²) >= 11 is 0. The smallest absolute Gasteiger partial charge is 0.222 e. The van der Waals surface area contributed by atoms with Crippen molar-refractivity contribution >= 4 is 5.82 Å². The Hall–Kier alpha value is -1.58. The van der Waals surface area contributed by atoms with Crippen molar-refractivity contribution in [2.75, 3.05) is 18.5 Å². The van der Waals surface area contributed by atoms with Gasteiger partial charge in [-0.25, -0.2) is 9.97 Å². The molecule has 0 bridgehead atoms. The zero-order valence-corrected chi connectivity index (χ0v) is 11.7. The third kappa shape index (κ3) is 4.02. The Labute approximate surface area is 109 Å². The number of rotatable bonds is 7. The third-order valence-electron chi connectivity index (χ3n) is 2.52. The molecular formula is C14H23N3O. The molecule has 1 heterocycles. The minimum Gasteiger partial charge on any atom is -0.473 e. The third-order valence-corrected chi connectivity index (χ3v) is 2.52. The molecule has 1 aromatic heterocycles. The van der Waals surface area contributed by atoms with Crippen molar-refractivity contribution < 1.29 is 4.74 Å². The van der Waals surface area contributed by atoms with Gasteiger partial charge in [0, 0.05) is 6.54 Å². The van der Waals surface area contributed by atoms with Gasteiger partial charge in [0.05, 0.1) is 5.56 Å². The lowest BCUT2D eigenvalue weighted by molar-refractivity contribution is 0.341. The van der Waals surface area contributed by atoms with Gasteiger partial charge in [-0.2, -0.15) is 0 Å². The molecule has 0 unspecified atom stereocenters. The normalized spacial score (nSPS) is 11.2. The second-order valence-corrected chi connectivity index (χ2v) is 4.40. The molecule has 4 nitrogen and oxygen atoms in total. The Kier molecular flexibility index (Phi) is 6.19. The van der Waals surface area contributed by atoms with Crippen LogP contribution < -0.4 is 10.1 Å².